The van der Waals surface area contributed by atoms with E-state index in [1.54, 1.807) is 0 Å². The molecule has 0 bridgehead atoms. The molecule has 21 heavy (non-hydrogen) atoms. The molecule has 0 spiro atoms. The zero-order chi connectivity index (χ0) is 15.4. The molecule has 7 heteroatoms. The SMILES string of the molecule is O=C(O)[C@@H]1C[C@@H](O)CN1C(=O)CCOc1ccc(F)cc1. The predicted octanol–water partition coefficient (Wildman–Crippen LogP) is 0.641. The number of likely N-dealkylation sites (tertiary alicyclic amines) is 1. The molecule has 1 aromatic rings. The highest BCUT2D eigenvalue weighted by atomic mass is 19.1. The van der Waals surface area contributed by atoms with Gasteiger partial charge >= 0.3 is 5.97 Å². The van der Waals surface area contributed by atoms with Crippen LogP contribution in [0.4, 0.5) is 4.39 Å². The number of nitrogens with zero attached hydrogens (tertiary/aromatic N) is 1. The number of aliphatic hydroxyl groups is 1. The molecular weight excluding hydrogens is 281 g/mol. The maximum Gasteiger partial charge on any atom is 0.326 e. The standard InChI is InChI=1S/C14H16FNO5/c15-9-1-3-11(4-2-9)21-6-5-13(18)16-8-10(17)7-12(16)14(19)20/h1-4,10,12,17H,5-8H2,(H,19,20)/t10-,12+/m1/s1. The van der Waals surface area contributed by atoms with Gasteiger partial charge in [-0.25, -0.2) is 9.18 Å². The van der Waals surface area contributed by atoms with Gasteiger partial charge in [0.05, 0.1) is 19.1 Å². The summed E-state index contributed by atoms with van der Waals surface area (Å²) in [5.74, 6) is -1.46. The lowest BCUT2D eigenvalue weighted by atomic mass is 10.2. The zero-order valence-electron chi connectivity index (χ0n) is 11.2. The highest BCUT2D eigenvalue weighted by Crippen LogP contribution is 2.19. The molecule has 6 nitrogen and oxygen atoms in total. The fourth-order valence-corrected chi connectivity index (χ4v) is 2.25. The van der Waals surface area contributed by atoms with E-state index in [0.29, 0.717) is 5.75 Å². The van der Waals surface area contributed by atoms with Gasteiger partial charge in [-0.2, -0.15) is 0 Å². The van der Waals surface area contributed by atoms with Crippen LogP contribution in [-0.2, 0) is 9.59 Å². The van der Waals surface area contributed by atoms with Crippen LogP contribution in [0.2, 0.25) is 0 Å². The van der Waals surface area contributed by atoms with Crippen molar-refractivity contribution in [3.05, 3.63) is 30.1 Å². The first-order chi connectivity index (χ1) is 9.97. The van der Waals surface area contributed by atoms with E-state index in [9.17, 15) is 19.1 Å². The van der Waals surface area contributed by atoms with E-state index in [1.165, 1.54) is 24.3 Å². The number of rotatable bonds is 5. The van der Waals surface area contributed by atoms with Crippen LogP contribution in [0.1, 0.15) is 12.8 Å². The highest BCUT2D eigenvalue weighted by molar-refractivity contribution is 5.84. The predicted molar refractivity (Wildman–Crippen MR) is 70.3 cm³/mol. The minimum atomic E-state index is -1.13. The smallest absolute Gasteiger partial charge is 0.326 e. The molecule has 1 amide bonds. The number of amides is 1. The maximum absolute atomic E-state index is 12.7. The summed E-state index contributed by atoms with van der Waals surface area (Å²) in [6, 6.07) is 4.39. The Kier molecular flexibility index (Phi) is 4.74. The van der Waals surface area contributed by atoms with Crippen LogP contribution in [-0.4, -0.2) is 52.3 Å². The molecule has 114 valence electrons. The summed E-state index contributed by atoms with van der Waals surface area (Å²) in [7, 11) is 0. The number of hydrogen-bond acceptors (Lipinski definition) is 4. The third kappa shape index (κ3) is 3.91. The minimum absolute atomic E-state index is 0.00607. The number of carbonyl (C=O) groups excluding carboxylic acids is 1. The van der Waals surface area contributed by atoms with Crippen LogP contribution in [0.3, 0.4) is 0 Å². The van der Waals surface area contributed by atoms with Gasteiger partial charge < -0.3 is 19.8 Å². The van der Waals surface area contributed by atoms with Gasteiger partial charge in [0.25, 0.3) is 0 Å². The van der Waals surface area contributed by atoms with Gasteiger partial charge in [-0.1, -0.05) is 0 Å². The molecule has 0 unspecified atom stereocenters. The van der Waals surface area contributed by atoms with Crippen molar-refractivity contribution in [2.75, 3.05) is 13.2 Å². The third-order valence-electron chi connectivity index (χ3n) is 3.28. The van der Waals surface area contributed by atoms with Crippen molar-refractivity contribution in [3.8, 4) is 5.75 Å². The quantitative estimate of drug-likeness (QED) is 0.833. The monoisotopic (exact) mass is 297 g/mol. The van der Waals surface area contributed by atoms with E-state index < -0.39 is 18.1 Å². The Morgan fingerprint density at radius 2 is 2.00 bits per heavy atom. The molecule has 0 aromatic heterocycles. The van der Waals surface area contributed by atoms with Crippen molar-refractivity contribution < 1.29 is 28.9 Å². The van der Waals surface area contributed by atoms with E-state index in [1.807, 2.05) is 0 Å². The van der Waals surface area contributed by atoms with Crippen molar-refractivity contribution in [2.45, 2.75) is 25.0 Å². The molecule has 1 saturated heterocycles. The first-order valence-corrected chi connectivity index (χ1v) is 6.56. The molecule has 1 heterocycles. The lowest BCUT2D eigenvalue weighted by Gasteiger charge is -2.21. The average Bonchev–Trinajstić information content (AvgIpc) is 2.83. The van der Waals surface area contributed by atoms with Gasteiger partial charge in [0.2, 0.25) is 5.91 Å². The van der Waals surface area contributed by atoms with Crippen molar-refractivity contribution >= 4 is 11.9 Å². The van der Waals surface area contributed by atoms with E-state index in [-0.39, 0.29) is 37.7 Å². The number of halogens is 1. The molecule has 0 saturated carbocycles. The van der Waals surface area contributed by atoms with Crippen LogP contribution in [0.25, 0.3) is 0 Å². The number of hydrogen-bond donors (Lipinski definition) is 2. The van der Waals surface area contributed by atoms with Gasteiger partial charge in [0, 0.05) is 13.0 Å². The van der Waals surface area contributed by atoms with Crippen LogP contribution in [0, 0.1) is 5.82 Å². The number of carbonyl (C=O) groups is 2. The molecule has 2 N–H and O–H groups in total. The molecule has 1 aromatic carbocycles. The van der Waals surface area contributed by atoms with Gasteiger partial charge in [0.1, 0.15) is 17.6 Å². The summed E-state index contributed by atoms with van der Waals surface area (Å²) in [6.45, 7) is 0.0791. The molecule has 2 atom stereocenters. The van der Waals surface area contributed by atoms with Crippen LogP contribution >= 0.6 is 0 Å². The van der Waals surface area contributed by atoms with E-state index >= 15 is 0 Å². The number of carboxylic acids is 1. The average molecular weight is 297 g/mol. The molecule has 1 aliphatic rings. The number of aliphatic carboxylic acids is 1. The molecule has 1 aliphatic heterocycles. The Labute approximate surface area is 120 Å². The van der Waals surface area contributed by atoms with E-state index in [0.717, 1.165) is 4.90 Å². The Morgan fingerprint density at radius 3 is 2.62 bits per heavy atom. The summed E-state index contributed by atoms with van der Waals surface area (Å²) in [5.41, 5.74) is 0. The number of β-amino-alcohol motifs (C(OH)–C–C–N with tert-alkyl or cyclic N) is 1. The Morgan fingerprint density at radius 1 is 1.33 bits per heavy atom. The summed E-state index contributed by atoms with van der Waals surface area (Å²) in [5, 5.41) is 18.5. The Balaban J connectivity index is 1.84. The van der Waals surface area contributed by atoms with Crippen LogP contribution in [0.5, 0.6) is 5.75 Å². The van der Waals surface area contributed by atoms with Crippen molar-refractivity contribution in [1.29, 1.82) is 0 Å². The highest BCUT2D eigenvalue weighted by Gasteiger charge is 2.38. The van der Waals surface area contributed by atoms with Crippen molar-refractivity contribution in [2.24, 2.45) is 0 Å². The van der Waals surface area contributed by atoms with Gasteiger partial charge in [-0.15, -0.1) is 0 Å². The number of aliphatic hydroxyl groups excluding tert-OH is 1. The van der Waals surface area contributed by atoms with Gasteiger partial charge in [-0.05, 0) is 24.3 Å². The van der Waals surface area contributed by atoms with Crippen LogP contribution in [0.15, 0.2) is 24.3 Å². The minimum Gasteiger partial charge on any atom is -0.493 e. The molecular formula is C14H16FNO5. The van der Waals surface area contributed by atoms with Gasteiger partial charge in [0.15, 0.2) is 0 Å². The second-order valence-corrected chi connectivity index (χ2v) is 4.84. The third-order valence-corrected chi connectivity index (χ3v) is 3.28. The van der Waals surface area contributed by atoms with E-state index in [2.05, 4.69) is 0 Å². The molecule has 0 aliphatic carbocycles. The lowest BCUT2D eigenvalue weighted by Crippen LogP contribution is -2.41. The van der Waals surface area contributed by atoms with Crippen molar-refractivity contribution in [1.82, 2.24) is 4.90 Å². The molecule has 1 fully saturated rings. The first-order valence-electron chi connectivity index (χ1n) is 6.56. The fraction of sp³-hybridized carbons (Fsp3) is 0.429. The van der Waals surface area contributed by atoms with E-state index in [4.69, 9.17) is 9.84 Å². The fourth-order valence-electron chi connectivity index (χ4n) is 2.25. The lowest BCUT2D eigenvalue weighted by molar-refractivity contribution is -0.148. The molecule has 2 rings (SSSR count). The summed E-state index contributed by atoms with van der Waals surface area (Å²) >= 11 is 0. The molecule has 0 radical (unpaired) electrons. The number of carboxylic acid groups (broad SMARTS) is 1. The topological polar surface area (TPSA) is 87.1 Å². The summed E-state index contributed by atoms with van der Waals surface area (Å²) in [4.78, 5) is 24.1. The number of benzene rings is 1. The van der Waals surface area contributed by atoms with Crippen LogP contribution < -0.4 is 4.74 Å². The summed E-state index contributed by atoms with van der Waals surface area (Å²) in [6.07, 6.45) is -0.776. The first kappa shape index (κ1) is 15.2. The largest absolute Gasteiger partial charge is 0.493 e. The Bertz CT molecular complexity index is 519. The number of ether oxygens (including phenoxy) is 1. The normalized spacial score (nSPS) is 21.3. The second-order valence-electron chi connectivity index (χ2n) is 4.84. The zero-order valence-corrected chi connectivity index (χ0v) is 11.2. The van der Waals surface area contributed by atoms with Crippen molar-refractivity contribution in [3.63, 3.8) is 0 Å². The maximum atomic E-state index is 12.7. The van der Waals surface area contributed by atoms with Gasteiger partial charge in [-0.3, -0.25) is 4.79 Å². The Hall–Kier alpha value is -2.15. The summed E-state index contributed by atoms with van der Waals surface area (Å²) < 4.78 is 18.0. The second kappa shape index (κ2) is 6.53.